The number of hydrogen-bond donors (Lipinski definition) is 2. The third-order valence-corrected chi connectivity index (χ3v) is 2.25. The van der Waals surface area contributed by atoms with E-state index in [0.717, 1.165) is 0 Å². The normalized spacial score (nSPS) is 10.7. The second-order valence-corrected chi connectivity index (χ2v) is 3.78. The van der Waals surface area contributed by atoms with Crippen LogP contribution in [0.25, 0.3) is 0 Å². The predicted octanol–water partition coefficient (Wildman–Crippen LogP) is 1.12. The van der Waals surface area contributed by atoms with Crippen LogP contribution in [0, 0.1) is 17.0 Å². The van der Waals surface area contributed by atoms with Crippen molar-refractivity contribution in [3.8, 4) is 0 Å². The van der Waals surface area contributed by atoms with E-state index in [1.54, 1.807) is 19.1 Å². The van der Waals surface area contributed by atoms with Gasteiger partial charge in [0.2, 0.25) is 11.9 Å². The van der Waals surface area contributed by atoms with Gasteiger partial charge >= 0.3 is 0 Å². The Hall–Kier alpha value is -3.10. The molecule has 20 heavy (non-hydrogen) atoms. The minimum atomic E-state index is -0.463. The van der Waals surface area contributed by atoms with Gasteiger partial charge in [0.1, 0.15) is 5.82 Å². The molecule has 1 aromatic heterocycles. The molecule has 9 nitrogen and oxygen atoms in total. The fourth-order valence-electron chi connectivity index (χ4n) is 1.40. The molecule has 2 aromatic rings. The first kappa shape index (κ1) is 13.3. The van der Waals surface area contributed by atoms with Crippen LogP contribution in [0.3, 0.4) is 0 Å². The highest BCUT2D eigenvalue weighted by Gasteiger charge is 2.02. The molecule has 0 saturated carbocycles. The van der Waals surface area contributed by atoms with Gasteiger partial charge in [-0.25, -0.2) is 5.43 Å². The number of aromatic nitrogens is 3. The molecule has 1 heterocycles. The third kappa shape index (κ3) is 3.45. The molecule has 2 rings (SSSR count). The molecule has 0 fully saturated rings. The van der Waals surface area contributed by atoms with Crippen molar-refractivity contribution in [2.24, 2.45) is 5.10 Å². The number of nitrogens with two attached hydrogens (primary N) is 1. The number of hydrazone groups is 1. The summed E-state index contributed by atoms with van der Waals surface area (Å²) in [6.07, 6.45) is 1.49. The summed E-state index contributed by atoms with van der Waals surface area (Å²) < 4.78 is 0. The lowest BCUT2D eigenvalue weighted by atomic mass is 10.2. The summed E-state index contributed by atoms with van der Waals surface area (Å²) in [5.74, 6) is 0.809. The van der Waals surface area contributed by atoms with Gasteiger partial charge in [-0.05, 0) is 24.6 Å². The average Bonchev–Trinajstić information content (AvgIpc) is 2.38. The van der Waals surface area contributed by atoms with Crippen molar-refractivity contribution in [3.05, 3.63) is 45.8 Å². The molecule has 3 N–H and O–H groups in total. The van der Waals surface area contributed by atoms with Gasteiger partial charge < -0.3 is 5.73 Å². The van der Waals surface area contributed by atoms with Crippen LogP contribution in [0.4, 0.5) is 17.6 Å². The highest BCUT2D eigenvalue weighted by Crippen LogP contribution is 2.10. The highest BCUT2D eigenvalue weighted by molar-refractivity contribution is 5.80. The fourth-order valence-corrected chi connectivity index (χ4v) is 1.40. The van der Waals surface area contributed by atoms with Gasteiger partial charge in [-0.2, -0.15) is 20.1 Å². The van der Waals surface area contributed by atoms with E-state index < -0.39 is 4.92 Å². The van der Waals surface area contributed by atoms with Crippen LogP contribution in [0.15, 0.2) is 29.4 Å². The lowest BCUT2D eigenvalue weighted by molar-refractivity contribution is -0.384. The molecule has 0 aliphatic carbocycles. The highest BCUT2D eigenvalue weighted by atomic mass is 16.6. The maximum atomic E-state index is 10.5. The van der Waals surface area contributed by atoms with Gasteiger partial charge in [0.15, 0.2) is 0 Å². The Kier molecular flexibility index (Phi) is 3.80. The molecule has 0 aliphatic heterocycles. The summed E-state index contributed by atoms with van der Waals surface area (Å²) >= 11 is 0. The van der Waals surface area contributed by atoms with Crippen LogP contribution >= 0.6 is 0 Å². The summed E-state index contributed by atoms with van der Waals surface area (Å²) in [6.45, 7) is 1.68. The van der Waals surface area contributed by atoms with E-state index in [1.807, 2.05) is 0 Å². The first-order valence-electron chi connectivity index (χ1n) is 5.56. The van der Waals surface area contributed by atoms with Crippen molar-refractivity contribution < 1.29 is 4.92 Å². The maximum Gasteiger partial charge on any atom is 0.269 e. The van der Waals surface area contributed by atoms with E-state index in [2.05, 4.69) is 25.5 Å². The van der Waals surface area contributed by atoms with Crippen LogP contribution in [0.1, 0.15) is 11.4 Å². The summed E-state index contributed by atoms with van der Waals surface area (Å²) in [5, 5.41) is 14.4. The second kappa shape index (κ2) is 5.69. The van der Waals surface area contributed by atoms with Gasteiger partial charge in [0.05, 0.1) is 11.1 Å². The Balaban J connectivity index is 2.04. The number of nitro benzene ring substituents is 1. The number of nitrogens with one attached hydrogen (secondary N) is 1. The zero-order valence-corrected chi connectivity index (χ0v) is 10.5. The topological polar surface area (TPSA) is 132 Å². The Morgan fingerprint density at radius 1 is 1.30 bits per heavy atom. The van der Waals surface area contributed by atoms with E-state index in [4.69, 9.17) is 5.73 Å². The number of nitrogen functional groups attached to an aromatic ring is 1. The first-order valence-corrected chi connectivity index (χ1v) is 5.56. The molecule has 0 amide bonds. The lowest BCUT2D eigenvalue weighted by Gasteiger charge is -2.00. The molecule has 1 aromatic carbocycles. The maximum absolute atomic E-state index is 10.5. The van der Waals surface area contributed by atoms with Crippen molar-refractivity contribution in [1.29, 1.82) is 0 Å². The summed E-state index contributed by atoms with van der Waals surface area (Å²) in [4.78, 5) is 21.7. The minimum Gasteiger partial charge on any atom is -0.368 e. The van der Waals surface area contributed by atoms with E-state index in [1.165, 1.54) is 18.3 Å². The van der Waals surface area contributed by atoms with Gasteiger partial charge in [-0.1, -0.05) is 0 Å². The first-order chi connectivity index (χ1) is 9.54. The second-order valence-electron chi connectivity index (χ2n) is 3.78. The zero-order valence-electron chi connectivity index (χ0n) is 10.5. The van der Waals surface area contributed by atoms with Crippen LogP contribution in [-0.2, 0) is 0 Å². The Labute approximate surface area is 113 Å². The van der Waals surface area contributed by atoms with Gasteiger partial charge in [0, 0.05) is 12.1 Å². The largest absolute Gasteiger partial charge is 0.368 e. The summed E-state index contributed by atoms with van der Waals surface area (Å²) in [6, 6.07) is 5.95. The van der Waals surface area contributed by atoms with Crippen molar-refractivity contribution in [3.63, 3.8) is 0 Å². The lowest BCUT2D eigenvalue weighted by Crippen LogP contribution is -2.04. The number of aryl methyl sites for hydroxylation is 1. The molecule has 0 radical (unpaired) electrons. The Morgan fingerprint density at radius 3 is 2.60 bits per heavy atom. The van der Waals surface area contributed by atoms with Crippen molar-refractivity contribution >= 4 is 23.8 Å². The van der Waals surface area contributed by atoms with E-state index >= 15 is 0 Å². The Bertz CT molecular complexity index is 634. The molecule has 102 valence electrons. The minimum absolute atomic E-state index is 0.0241. The third-order valence-electron chi connectivity index (χ3n) is 2.25. The number of rotatable bonds is 4. The Morgan fingerprint density at radius 2 is 2.00 bits per heavy atom. The van der Waals surface area contributed by atoms with Crippen molar-refractivity contribution in [2.75, 3.05) is 11.2 Å². The molecular formula is C11H11N7O2. The van der Waals surface area contributed by atoms with Gasteiger partial charge in [-0.15, -0.1) is 0 Å². The average molecular weight is 273 g/mol. The van der Waals surface area contributed by atoms with Crippen LogP contribution in [0.2, 0.25) is 0 Å². The fraction of sp³-hybridized carbons (Fsp3) is 0.0909. The quantitative estimate of drug-likeness (QED) is 0.484. The van der Waals surface area contributed by atoms with Crippen LogP contribution in [-0.4, -0.2) is 26.1 Å². The molecule has 0 aliphatic rings. The predicted molar refractivity (Wildman–Crippen MR) is 73.3 cm³/mol. The molecule has 0 atom stereocenters. The van der Waals surface area contributed by atoms with Gasteiger partial charge in [0.25, 0.3) is 5.69 Å². The molecule has 0 saturated heterocycles. The molecule has 9 heteroatoms. The van der Waals surface area contributed by atoms with Crippen molar-refractivity contribution in [2.45, 2.75) is 6.92 Å². The van der Waals surface area contributed by atoms with Gasteiger partial charge in [-0.3, -0.25) is 10.1 Å². The van der Waals surface area contributed by atoms with E-state index in [9.17, 15) is 10.1 Å². The van der Waals surface area contributed by atoms with Crippen molar-refractivity contribution in [1.82, 2.24) is 15.0 Å². The molecular weight excluding hydrogens is 262 g/mol. The molecule has 0 bridgehead atoms. The summed E-state index contributed by atoms with van der Waals surface area (Å²) in [5.41, 5.74) is 8.80. The molecule has 0 spiro atoms. The number of nitrogens with zero attached hydrogens (tertiary/aromatic N) is 5. The SMILES string of the molecule is Cc1nc(N)nc(N/N=C\c2ccc([N+](=O)[O-])cc2)n1. The number of nitro groups is 1. The monoisotopic (exact) mass is 273 g/mol. The standard InChI is InChI=1S/C11H11N7O2/c1-7-14-10(12)16-11(15-7)17-13-6-8-2-4-9(5-3-8)18(19)20/h2-6H,1H3,(H3,12,14,15,16,17)/b13-6-. The zero-order chi connectivity index (χ0) is 14.5. The smallest absolute Gasteiger partial charge is 0.269 e. The van der Waals surface area contributed by atoms with E-state index in [-0.39, 0.29) is 17.6 Å². The number of benzene rings is 1. The number of hydrogen-bond acceptors (Lipinski definition) is 8. The van der Waals surface area contributed by atoms with Crippen LogP contribution < -0.4 is 11.2 Å². The number of non-ortho nitro benzene ring substituents is 1. The van der Waals surface area contributed by atoms with E-state index in [0.29, 0.717) is 11.4 Å². The summed E-state index contributed by atoms with van der Waals surface area (Å²) in [7, 11) is 0. The number of anilines is 2. The van der Waals surface area contributed by atoms with Crippen LogP contribution in [0.5, 0.6) is 0 Å². The molecule has 0 unspecified atom stereocenters.